The van der Waals surface area contributed by atoms with Crippen molar-refractivity contribution >= 4 is 0 Å². The molecule has 0 saturated carbocycles. The first-order chi connectivity index (χ1) is 11.9. The largest absolute Gasteiger partial charge is 0.411 e. The highest BCUT2D eigenvalue weighted by Gasteiger charge is 2.72. The first-order valence-electron chi connectivity index (χ1n) is 8.17. The molecule has 2 rings (SSSR count). The molecular formula is C20H20F6. The second kappa shape index (κ2) is 6.63. The van der Waals surface area contributed by atoms with E-state index in [9.17, 15) is 26.3 Å². The number of halogens is 6. The number of hydrogen-bond acceptors (Lipinski definition) is 0. The Morgan fingerprint density at radius 2 is 1.12 bits per heavy atom. The van der Waals surface area contributed by atoms with Crippen LogP contribution in [0.3, 0.4) is 0 Å². The van der Waals surface area contributed by atoms with E-state index in [0.29, 0.717) is 28.7 Å². The molecule has 0 N–H and O–H groups in total. The average Bonchev–Trinajstić information content (AvgIpc) is 2.49. The van der Waals surface area contributed by atoms with Crippen LogP contribution >= 0.6 is 0 Å². The van der Waals surface area contributed by atoms with Crippen molar-refractivity contribution in [3.8, 4) is 0 Å². The molecule has 2 aromatic rings. The number of alkyl halides is 6. The fourth-order valence-electron chi connectivity index (χ4n) is 3.28. The highest BCUT2D eigenvalue weighted by atomic mass is 19.4. The van der Waals surface area contributed by atoms with Crippen LogP contribution in [-0.4, -0.2) is 12.4 Å². The summed E-state index contributed by atoms with van der Waals surface area (Å²) in [5.41, 5.74) is -3.57. The molecular weight excluding hydrogens is 354 g/mol. The molecule has 6 heteroatoms. The summed E-state index contributed by atoms with van der Waals surface area (Å²) in [4.78, 5) is 0. The molecule has 2 aromatic carbocycles. The molecule has 0 saturated heterocycles. The van der Waals surface area contributed by atoms with Gasteiger partial charge in [0.15, 0.2) is 0 Å². The summed E-state index contributed by atoms with van der Waals surface area (Å²) in [6, 6.07) is 6.50. The van der Waals surface area contributed by atoms with E-state index in [1.165, 1.54) is 26.0 Å². The minimum absolute atomic E-state index is 0.377. The van der Waals surface area contributed by atoms with Crippen molar-refractivity contribution < 1.29 is 26.3 Å². The van der Waals surface area contributed by atoms with Crippen LogP contribution in [0, 0.1) is 20.8 Å². The molecule has 0 heterocycles. The maximum atomic E-state index is 14.1. The topological polar surface area (TPSA) is 0 Å². The van der Waals surface area contributed by atoms with Crippen molar-refractivity contribution in [1.82, 2.24) is 0 Å². The van der Waals surface area contributed by atoms with Gasteiger partial charge in [-0.05, 0) is 60.6 Å². The SMILES string of the molecule is CCc1ccc(C(c2ccc(C)c(C)c2)(C(F)(F)F)C(F)(F)F)cc1C. The van der Waals surface area contributed by atoms with Gasteiger partial charge in [0.1, 0.15) is 0 Å². The van der Waals surface area contributed by atoms with Gasteiger partial charge in [-0.2, -0.15) is 26.3 Å². The Morgan fingerprint density at radius 1 is 0.654 bits per heavy atom. The van der Waals surface area contributed by atoms with Crippen molar-refractivity contribution in [2.75, 3.05) is 0 Å². The van der Waals surface area contributed by atoms with Crippen LogP contribution in [0.2, 0.25) is 0 Å². The number of rotatable bonds is 3. The van der Waals surface area contributed by atoms with Gasteiger partial charge in [-0.15, -0.1) is 0 Å². The van der Waals surface area contributed by atoms with Crippen molar-refractivity contribution in [2.24, 2.45) is 0 Å². The maximum Gasteiger partial charge on any atom is 0.411 e. The van der Waals surface area contributed by atoms with Crippen LogP contribution in [0.25, 0.3) is 0 Å². The van der Waals surface area contributed by atoms with Gasteiger partial charge in [-0.1, -0.05) is 43.3 Å². The standard InChI is InChI=1S/C20H20F6/c1-5-15-7-9-17(11-14(15)4)18(19(21,22)23,20(24,25)26)16-8-6-12(2)13(3)10-16/h6-11H,5H2,1-4H3. The molecule has 26 heavy (non-hydrogen) atoms. The minimum Gasteiger partial charge on any atom is -0.169 e. The Kier molecular flexibility index (Phi) is 5.19. The van der Waals surface area contributed by atoms with Gasteiger partial charge >= 0.3 is 12.4 Å². The third-order valence-corrected chi connectivity index (χ3v) is 4.95. The lowest BCUT2D eigenvalue weighted by Gasteiger charge is -2.39. The molecule has 0 nitrogen and oxygen atoms in total. The Labute approximate surface area is 148 Å². The van der Waals surface area contributed by atoms with Gasteiger partial charge in [0.05, 0.1) is 0 Å². The maximum absolute atomic E-state index is 14.1. The molecule has 0 aliphatic rings. The van der Waals surface area contributed by atoms with E-state index in [1.807, 2.05) is 0 Å². The van der Waals surface area contributed by atoms with Crippen molar-refractivity contribution in [3.05, 3.63) is 69.8 Å². The highest BCUT2D eigenvalue weighted by Crippen LogP contribution is 2.56. The van der Waals surface area contributed by atoms with Crippen LogP contribution in [0.15, 0.2) is 36.4 Å². The zero-order valence-electron chi connectivity index (χ0n) is 14.9. The summed E-state index contributed by atoms with van der Waals surface area (Å²) in [5.74, 6) is 0. The van der Waals surface area contributed by atoms with E-state index in [1.54, 1.807) is 13.8 Å². The lowest BCUT2D eigenvalue weighted by atomic mass is 9.71. The predicted octanol–water partition coefficient (Wildman–Crippen LogP) is 6.58. The molecule has 0 aromatic heterocycles. The van der Waals surface area contributed by atoms with E-state index in [2.05, 4.69) is 0 Å². The molecule has 0 atom stereocenters. The van der Waals surface area contributed by atoms with Crippen molar-refractivity contribution in [3.63, 3.8) is 0 Å². The van der Waals surface area contributed by atoms with E-state index < -0.39 is 28.9 Å². The van der Waals surface area contributed by atoms with E-state index in [4.69, 9.17) is 0 Å². The lowest BCUT2D eigenvalue weighted by molar-refractivity contribution is -0.288. The van der Waals surface area contributed by atoms with Crippen LogP contribution in [0.1, 0.15) is 40.3 Å². The Bertz CT molecular complexity index is 785. The molecule has 0 bridgehead atoms. The van der Waals surface area contributed by atoms with Crippen molar-refractivity contribution in [1.29, 1.82) is 0 Å². The van der Waals surface area contributed by atoms with E-state index in [0.717, 1.165) is 24.3 Å². The predicted molar refractivity (Wildman–Crippen MR) is 89.4 cm³/mol. The molecule has 0 radical (unpaired) electrons. The van der Waals surface area contributed by atoms with Crippen LogP contribution in [0.4, 0.5) is 26.3 Å². The third kappa shape index (κ3) is 3.10. The lowest BCUT2D eigenvalue weighted by Crippen LogP contribution is -2.54. The first kappa shape index (κ1) is 20.3. The zero-order chi connectivity index (χ0) is 19.9. The summed E-state index contributed by atoms with van der Waals surface area (Å²) in [7, 11) is 0. The fraction of sp³-hybridized carbons (Fsp3) is 0.400. The summed E-state index contributed by atoms with van der Waals surface area (Å²) < 4.78 is 84.4. The molecule has 0 aliphatic heterocycles. The minimum atomic E-state index is -5.55. The Morgan fingerprint density at radius 3 is 1.50 bits per heavy atom. The van der Waals surface area contributed by atoms with Gasteiger partial charge in [0.25, 0.3) is 0 Å². The zero-order valence-corrected chi connectivity index (χ0v) is 14.9. The average molecular weight is 374 g/mol. The number of benzene rings is 2. The van der Waals surface area contributed by atoms with Gasteiger partial charge in [0.2, 0.25) is 5.41 Å². The van der Waals surface area contributed by atoms with Gasteiger partial charge in [0, 0.05) is 0 Å². The smallest absolute Gasteiger partial charge is 0.169 e. The van der Waals surface area contributed by atoms with Crippen LogP contribution < -0.4 is 0 Å². The third-order valence-electron chi connectivity index (χ3n) is 4.95. The summed E-state index contributed by atoms with van der Waals surface area (Å²) >= 11 is 0. The van der Waals surface area contributed by atoms with E-state index >= 15 is 0 Å². The number of hydrogen-bond donors (Lipinski definition) is 0. The molecule has 0 amide bonds. The first-order valence-corrected chi connectivity index (χ1v) is 8.17. The molecule has 142 valence electrons. The van der Waals surface area contributed by atoms with Gasteiger partial charge < -0.3 is 0 Å². The summed E-state index contributed by atoms with van der Waals surface area (Å²) in [5, 5.41) is 0. The molecule has 0 unspecified atom stereocenters. The fourth-order valence-corrected chi connectivity index (χ4v) is 3.28. The van der Waals surface area contributed by atoms with E-state index in [-0.39, 0.29) is 0 Å². The Hall–Kier alpha value is -1.98. The second-order valence-corrected chi connectivity index (χ2v) is 6.54. The Balaban J connectivity index is 2.93. The summed E-state index contributed by atoms with van der Waals surface area (Å²) in [6.07, 6.45) is -10.6. The monoisotopic (exact) mass is 374 g/mol. The van der Waals surface area contributed by atoms with Crippen LogP contribution in [-0.2, 0) is 11.8 Å². The highest BCUT2D eigenvalue weighted by molar-refractivity contribution is 5.48. The quantitative estimate of drug-likeness (QED) is 0.532. The summed E-state index contributed by atoms with van der Waals surface area (Å²) in [6.45, 7) is 6.47. The van der Waals surface area contributed by atoms with Crippen LogP contribution in [0.5, 0.6) is 0 Å². The van der Waals surface area contributed by atoms with Crippen molar-refractivity contribution in [2.45, 2.75) is 51.9 Å². The van der Waals surface area contributed by atoms with Gasteiger partial charge in [-0.3, -0.25) is 0 Å². The number of aryl methyl sites for hydroxylation is 4. The van der Waals surface area contributed by atoms with Gasteiger partial charge in [-0.25, -0.2) is 0 Å². The second-order valence-electron chi connectivity index (χ2n) is 6.54. The molecule has 0 aliphatic carbocycles. The normalized spacial score (nSPS) is 13.2. The molecule has 0 fully saturated rings. The molecule has 0 spiro atoms.